The molecular formula is C13H20O2. The van der Waals surface area contributed by atoms with Crippen LogP contribution in [0.15, 0.2) is 21.3 Å². The lowest BCUT2D eigenvalue weighted by Crippen LogP contribution is -2.03. The van der Waals surface area contributed by atoms with Crippen molar-refractivity contribution in [2.75, 3.05) is 0 Å². The van der Waals surface area contributed by atoms with Gasteiger partial charge in [-0.05, 0) is 30.9 Å². The Morgan fingerprint density at radius 2 is 1.73 bits per heavy atom. The summed E-state index contributed by atoms with van der Waals surface area (Å²) in [6.07, 6.45) is 6.47. The Kier molecular flexibility index (Phi) is 5.16. The first-order chi connectivity index (χ1) is 7.27. The second-order valence-electron chi connectivity index (χ2n) is 3.91. The predicted octanol–water partition coefficient (Wildman–Crippen LogP) is 3.33. The maximum atomic E-state index is 11.1. The van der Waals surface area contributed by atoms with Gasteiger partial charge in [-0.25, -0.2) is 4.79 Å². The van der Waals surface area contributed by atoms with E-state index in [1.54, 1.807) is 0 Å². The first-order valence-corrected chi connectivity index (χ1v) is 5.89. The van der Waals surface area contributed by atoms with Gasteiger partial charge in [-0.15, -0.1) is 0 Å². The van der Waals surface area contributed by atoms with E-state index in [-0.39, 0.29) is 5.63 Å². The zero-order chi connectivity index (χ0) is 11.1. The second-order valence-corrected chi connectivity index (χ2v) is 3.91. The van der Waals surface area contributed by atoms with E-state index in [4.69, 9.17) is 4.42 Å². The fourth-order valence-electron chi connectivity index (χ4n) is 1.62. The van der Waals surface area contributed by atoms with Crippen LogP contribution in [0.3, 0.4) is 0 Å². The normalized spacial score (nSPS) is 10.5. The Balaban J connectivity index is 2.77. The highest BCUT2D eigenvalue weighted by molar-refractivity contribution is 5.17. The maximum Gasteiger partial charge on any atom is 0.335 e. The Labute approximate surface area is 91.3 Å². The molecule has 0 saturated carbocycles. The molecule has 1 aromatic heterocycles. The van der Waals surface area contributed by atoms with Gasteiger partial charge in [0.15, 0.2) is 0 Å². The van der Waals surface area contributed by atoms with Crippen LogP contribution in [0.5, 0.6) is 0 Å². The molecule has 2 nitrogen and oxygen atoms in total. The molecule has 0 amide bonds. The number of hydrogen-bond acceptors (Lipinski definition) is 2. The molecule has 0 unspecified atom stereocenters. The average molecular weight is 208 g/mol. The molecule has 0 spiro atoms. The van der Waals surface area contributed by atoms with E-state index in [1.165, 1.54) is 18.1 Å². The highest BCUT2D eigenvalue weighted by atomic mass is 16.4. The van der Waals surface area contributed by atoms with Gasteiger partial charge >= 0.3 is 5.63 Å². The topological polar surface area (TPSA) is 30.2 Å². The molecule has 0 atom stereocenters. The van der Waals surface area contributed by atoms with Gasteiger partial charge in [0.25, 0.3) is 0 Å². The third-order valence-electron chi connectivity index (χ3n) is 2.56. The molecular weight excluding hydrogens is 188 g/mol. The van der Waals surface area contributed by atoms with Crippen LogP contribution in [0.25, 0.3) is 0 Å². The first-order valence-electron chi connectivity index (χ1n) is 5.89. The molecule has 0 radical (unpaired) electrons. The van der Waals surface area contributed by atoms with Crippen molar-refractivity contribution in [3.05, 3.63) is 33.9 Å². The van der Waals surface area contributed by atoms with E-state index in [2.05, 4.69) is 13.8 Å². The summed E-state index contributed by atoms with van der Waals surface area (Å²) in [7, 11) is 0. The fourth-order valence-corrected chi connectivity index (χ4v) is 1.62. The van der Waals surface area contributed by atoms with E-state index in [0.717, 1.165) is 37.9 Å². The van der Waals surface area contributed by atoms with Crippen molar-refractivity contribution in [2.24, 2.45) is 0 Å². The van der Waals surface area contributed by atoms with Crippen LogP contribution < -0.4 is 5.63 Å². The first kappa shape index (κ1) is 12.0. The Morgan fingerprint density at radius 1 is 1.07 bits per heavy atom. The lowest BCUT2D eigenvalue weighted by molar-refractivity contribution is 0.444. The molecule has 1 heterocycles. The van der Waals surface area contributed by atoms with E-state index in [0.29, 0.717) is 0 Å². The van der Waals surface area contributed by atoms with Crippen LogP contribution in [0.4, 0.5) is 0 Å². The Morgan fingerprint density at radius 3 is 2.40 bits per heavy atom. The number of aryl methyl sites for hydroxylation is 2. The SMILES string of the molecule is CCCCc1ccc(=O)oc1CCCC. The summed E-state index contributed by atoms with van der Waals surface area (Å²) in [5.74, 6) is 0.901. The fraction of sp³-hybridized carbons (Fsp3) is 0.615. The summed E-state index contributed by atoms with van der Waals surface area (Å²) in [6.45, 7) is 4.32. The molecule has 0 aromatic carbocycles. The molecule has 0 aliphatic rings. The van der Waals surface area contributed by atoms with Gasteiger partial charge in [0.2, 0.25) is 0 Å². The van der Waals surface area contributed by atoms with Crippen LogP contribution in [0.2, 0.25) is 0 Å². The Bertz CT molecular complexity index is 339. The maximum absolute atomic E-state index is 11.1. The summed E-state index contributed by atoms with van der Waals surface area (Å²) in [4.78, 5) is 11.1. The van der Waals surface area contributed by atoms with Crippen molar-refractivity contribution in [1.82, 2.24) is 0 Å². The van der Waals surface area contributed by atoms with Crippen LogP contribution in [0.1, 0.15) is 50.9 Å². The van der Waals surface area contributed by atoms with Gasteiger partial charge in [0, 0.05) is 12.5 Å². The molecule has 0 bridgehead atoms. The minimum absolute atomic E-state index is 0.221. The molecule has 0 aliphatic heterocycles. The molecule has 0 saturated heterocycles. The van der Waals surface area contributed by atoms with Crippen molar-refractivity contribution >= 4 is 0 Å². The zero-order valence-corrected chi connectivity index (χ0v) is 9.71. The van der Waals surface area contributed by atoms with Gasteiger partial charge in [-0.1, -0.05) is 26.7 Å². The van der Waals surface area contributed by atoms with Crippen molar-refractivity contribution in [3.63, 3.8) is 0 Å². The molecule has 2 heteroatoms. The lowest BCUT2D eigenvalue weighted by Gasteiger charge is -2.06. The smallest absolute Gasteiger partial charge is 0.335 e. The van der Waals surface area contributed by atoms with E-state index in [1.807, 2.05) is 6.07 Å². The number of rotatable bonds is 6. The summed E-state index contributed by atoms with van der Waals surface area (Å²) in [5, 5.41) is 0. The zero-order valence-electron chi connectivity index (χ0n) is 9.71. The molecule has 1 aromatic rings. The van der Waals surface area contributed by atoms with Gasteiger partial charge in [-0.3, -0.25) is 0 Å². The van der Waals surface area contributed by atoms with Crippen LogP contribution in [-0.4, -0.2) is 0 Å². The third-order valence-corrected chi connectivity index (χ3v) is 2.56. The standard InChI is InChI=1S/C13H20O2/c1-3-5-7-11-9-10-13(14)15-12(11)8-6-4-2/h9-10H,3-8H2,1-2H3. The van der Waals surface area contributed by atoms with Gasteiger partial charge in [0.05, 0.1) is 0 Å². The van der Waals surface area contributed by atoms with E-state index in [9.17, 15) is 4.79 Å². The molecule has 0 fully saturated rings. The quantitative estimate of drug-likeness (QED) is 0.717. The molecule has 15 heavy (non-hydrogen) atoms. The van der Waals surface area contributed by atoms with Gasteiger partial charge < -0.3 is 4.42 Å². The van der Waals surface area contributed by atoms with E-state index >= 15 is 0 Å². The molecule has 0 aliphatic carbocycles. The monoisotopic (exact) mass is 208 g/mol. The van der Waals surface area contributed by atoms with Crippen LogP contribution in [-0.2, 0) is 12.8 Å². The van der Waals surface area contributed by atoms with Crippen molar-refractivity contribution in [1.29, 1.82) is 0 Å². The summed E-state index contributed by atoms with van der Waals surface area (Å²) in [5.41, 5.74) is 0.992. The second kappa shape index (κ2) is 6.44. The van der Waals surface area contributed by atoms with Crippen LogP contribution in [0, 0.1) is 0 Å². The van der Waals surface area contributed by atoms with Crippen molar-refractivity contribution in [2.45, 2.75) is 52.4 Å². The average Bonchev–Trinajstić information content (AvgIpc) is 2.25. The largest absolute Gasteiger partial charge is 0.428 e. The van der Waals surface area contributed by atoms with Crippen molar-refractivity contribution < 1.29 is 4.42 Å². The number of hydrogen-bond donors (Lipinski definition) is 0. The summed E-state index contributed by atoms with van der Waals surface area (Å²) in [6, 6.07) is 3.45. The minimum atomic E-state index is -0.221. The highest BCUT2D eigenvalue weighted by Gasteiger charge is 2.05. The molecule has 84 valence electrons. The third kappa shape index (κ3) is 3.90. The summed E-state index contributed by atoms with van der Waals surface area (Å²) >= 11 is 0. The van der Waals surface area contributed by atoms with Gasteiger partial charge in [0.1, 0.15) is 5.76 Å². The lowest BCUT2D eigenvalue weighted by atomic mass is 10.0. The van der Waals surface area contributed by atoms with Gasteiger partial charge in [-0.2, -0.15) is 0 Å². The predicted molar refractivity (Wildman–Crippen MR) is 62.2 cm³/mol. The van der Waals surface area contributed by atoms with Crippen molar-refractivity contribution in [3.8, 4) is 0 Å². The molecule has 1 rings (SSSR count). The summed E-state index contributed by atoms with van der Waals surface area (Å²) < 4.78 is 5.25. The molecule has 0 N–H and O–H groups in total. The van der Waals surface area contributed by atoms with Crippen LogP contribution >= 0.6 is 0 Å². The van der Waals surface area contributed by atoms with E-state index < -0.39 is 0 Å². The minimum Gasteiger partial charge on any atom is -0.428 e. The highest BCUT2D eigenvalue weighted by Crippen LogP contribution is 2.12. The number of unbranched alkanes of at least 4 members (excludes halogenated alkanes) is 2. The Hall–Kier alpha value is -1.05.